The van der Waals surface area contributed by atoms with Gasteiger partial charge in [-0.05, 0) is 49.0 Å². The summed E-state index contributed by atoms with van der Waals surface area (Å²) in [5.74, 6) is 2.59. The SMILES string of the molecule is CC(=O)N[C@@H](C)/C=C/c1cc(Oc2ccc(OCC3CC3)cc2Cl)no1. The first kappa shape index (κ1) is 18.3. The zero-order valence-electron chi connectivity index (χ0n) is 14.7. The fourth-order valence-electron chi connectivity index (χ4n) is 2.27. The molecule has 1 aromatic heterocycles. The number of aromatic nitrogens is 1. The number of rotatable bonds is 8. The van der Waals surface area contributed by atoms with Gasteiger partial charge in [-0.25, -0.2) is 0 Å². The van der Waals surface area contributed by atoms with Crippen molar-refractivity contribution in [2.75, 3.05) is 6.61 Å². The highest BCUT2D eigenvalue weighted by atomic mass is 35.5. The number of benzene rings is 1. The van der Waals surface area contributed by atoms with Gasteiger partial charge in [0.15, 0.2) is 5.76 Å². The summed E-state index contributed by atoms with van der Waals surface area (Å²) in [6, 6.07) is 6.83. The van der Waals surface area contributed by atoms with Crippen LogP contribution in [0.5, 0.6) is 17.4 Å². The molecule has 138 valence electrons. The van der Waals surface area contributed by atoms with E-state index in [2.05, 4.69) is 10.5 Å². The number of amides is 1. The minimum Gasteiger partial charge on any atom is -0.493 e. The van der Waals surface area contributed by atoms with Gasteiger partial charge in [0.05, 0.1) is 11.6 Å². The number of carbonyl (C=O) groups excluding carboxylic acids is 1. The molecule has 1 saturated carbocycles. The van der Waals surface area contributed by atoms with Crippen molar-refractivity contribution >= 4 is 23.6 Å². The molecule has 1 aliphatic rings. The van der Waals surface area contributed by atoms with E-state index in [0.29, 0.717) is 28.3 Å². The average Bonchev–Trinajstić information content (AvgIpc) is 3.31. The third kappa shape index (κ3) is 5.52. The Kier molecular flexibility index (Phi) is 5.83. The molecule has 1 atom stereocenters. The molecule has 0 spiro atoms. The number of carbonyl (C=O) groups is 1. The quantitative estimate of drug-likeness (QED) is 0.736. The molecule has 1 N–H and O–H groups in total. The van der Waals surface area contributed by atoms with Gasteiger partial charge in [-0.2, -0.15) is 0 Å². The van der Waals surface area contributed by atoms with Crippen molar-refractivity contribution in [3.05, 3.63) is 41.1 Å². The van der Waals surface area contributed by atoms with Gasteiger partial charge in [0.25, 0.3) is 5.88 Å². The molecular formula is C19H21ClN2O4. The fraction of sp³-hybridized carbons (Fsp3) is 0.368. The van der Waals surface area contributed by atoms with Gasteiger partial charge in [0, 0.05) is 25.1 Å². The molecular weight excluding hydrogens is 356 g/mol. The van der Waals surface area contributed by atoms with E-state index < -0.39 is 0 Å². The lowest BCUT2D eigenvalue weighted by Crippen LogP contribution is -2.28. The number of nitrogens with zero attached hydrogens (tertiary/aromatic N) is 1. The second kappa shape index (κ2) is 8.27. The van der Waals surface area contributed by atoms with Gasteiger partial charge in [-0.1, -0.05) is 17.7 Å². The Morgan fingerprint density at radius 1 is 1.46 bits per heavy atom. The van der Waals surface area contributed by atoms with Crippen LogP contribution in [-0.4, -0.2) is 23.7 Å². The van der Waals surface area contributed by atoms with Crippen molar-refractivity contribution in [3.63, 3.8) is 0 Å². The standard InChI is InChI=1S/C19H21ClN2O4/c1-12(21-13(2)23)3-6-16-10-19(22-26-16)25-18-8-7-15(9-17(18)20)24-11-14-4-5-14/h3,6-10,12,14H,4-5,11H2,1-2H3,(H,21,23)/b6-3+/t12-/m0/s1. The number of nitrogens with one attached hydrogen (secondary N) is 1. The molecule has 0 bridgehead atoms. The van der Waals surface area contributed by atoms with Crippen LogP contribution in [0.25, 0.3) is 6.08 Å². The molecule has 0 aliphatic heterocycles. The molecule has 0 saturated heterocycles. The zero-order valence-corrected chi connectivity index (χ0v) is 15.5. The van der Waals surface area contributed by atoms with E-state index in [4.69, 9.17) is 25.6 Å². The fourth-order valence-corrected chi connectivity index (χ4v) is 2.48. The van der Waals surface area contributed by atoms with E-state index in [-0.39, 0.29) is 11.9 Å². The highest BCUT2D eigenvalue weighted by Gasteiger charge is 2.22. The first-order valence-corrected chi connectivity index (χ1v) is 8.89. The molecule has 2 aromatic rings. The molecule has 7 heteroatoms. The van der Waals surface area contributed by atoms with Gasteiger partial charge in [-0.15, -0.1) is 0 Å². The maximum Gasteiger partial charge on any atom is 0.260 e. The summed E-state index contributed by atoms with van der Waals surface area (Å²) in [7, 11) is 0. The average molecular weight is 377 g/mol. The first-order valence-electron chi connectivity index (χ1n) is 8.52. The largest absolute Gasteiger partial charge is 0.493 e. The van der Waals surface area contributed by atoms with Gasteiger partial charge in [0.1, 0.15) is 11.5 Å². The molecule has 1 amide bonds. The number of hydrogen-bond acceptors (Lipinski definition) is 5. The molecule has 1 heterocycles. The molecule has 3 rings (SSSR count). The summed E-state index contributed by atoms with van der Waals surface area (Å²) >= 11 is 6.25. The second-order valence-electron chi connectivity index (χ2n) is 6.36. The molecule has 0 radical (unpaired) electrons. The lowest BCUT2D eigenvalue weighted by atomic mass is 10.3. The Labute approximate surface area is 157 Å². The van der Waals surface area contributed by atoms with Crippen LogP contribution >= 0.6 is 11.6 Å². The topological polar surface area (TPSA) is 73.6 Å². The van der Waals surface area contributed by atoms with Crippen molar-refractivity contribution in [1.82, 2.24) is 10.5 Å². The minimum atomic E-state index is -0.111. The van der Waals surface area contributed by atoms with Gasteiger partial charge in [-0.3, -0.25) is 4.79 Å². The van der Waals surface area contributed by atoms with Crippen molar-refractivity contribution in [1.29, 1.82) is 0 Å². The summed E-state index contributed by atoms with van der Waals surface area (Å²) in [5.41, 5.74) is 0. The van der Waals surface area contributed by atoms with Crippen molar-refractivity contribution in [2.45, 2.75) is 32.7 Å². The lowest BCUT2D eigenvalue weighted by Gasteiger charge is -2.08. The van der Waals surface area contributed by atoms with Crippen LogP contribution in [0.1, 0.15) is 32.4 Å². The Bertz CT molecular complexity index is 799. The number of hydrogen-bond donors (Lipinski definition) is 1. The third-order valence-electron chi connectivity index (χ3n) is 3.79. The van der Waals surface area contributed by atoms with Crippen LogP contribution in [0, 0.1) is 5.92 Å². The maximum atomic E-state index is 11.0. The summed E-state index contributed by atoms with van der Waals surface area (Å²) in [5, 5.41) is 7.04. The highest BCUT2D eigenvalue weighted by Crippen LogP contribution is 2.34. The summed E-state index contributed by atoms with van der Waals surface area (Å²) in [6.07, 6.45) is 5.99. The van der Waals surface area contributed by atoms with Gasteiger partial charge >= 0.3 is 0 Å². The Morgan fingerprint density at radius 3 is 2.96 bits per heavy atom. The van der Waals surface area contributed by atoms with E-state index in [1.807, 2.05) is 13.0 Å². The van der Waals surface area contributed by atoms with Gasteiger partial charge < -0.3 is 19.3 Å². The Hall–Kier alpha value is -2.47. The van der Waals surface area contributed by atoms with E-state index >= 15 is 0 Å². The zero-order chi connectivity index (χ0) is 18.5. The normalized spacial score (nSPS) is 15.0. The minimum absolute atomic E-state index is 0.0945. The Morgan fingerprint density at radius 2 is 2.27 bits per heavy atom. The van der Waals surface area contributed by atoms with Crippen molar-refractivity contribution < 1.29 is 18.8 Å². The Balaban J connectivity index is 1.57. The predicted molar refractivity (Wildman–Crippen MR) is 98.6 cm³/mol. The predicted octanol–water partition coefficient (Wildman–Crippen LogP) is 4.45. The molecule has 26 heavy (non-hydrogen) atoms. The van der Waals surface area contributed by atoms with E-state index in [9.17, 15) is 4.79 Å². The van der Waals surface area contributed by atoms with Crippen molar-refractivity contribution in [3.8, 4) is 17.4 Å². The van der Waals surface area contributed by atoms with Crippen LogP contribution in [-0.2, 0) is 4.79 Å². The summed E-state index contributed by atoms with van der Waals surface area (Å²) in [6.45, 7) is 4.06. The van der Waals surface area contributed by atoms with Crippen LogP contribution in [0.3, 0.4) is 0 Å². The van der Waals surface area contributed by atoms with Crippen LogP contribution in [0.15, 0.2) is 34.9 Å². The van der Waals surface area contributed by atoms with E-state index in [1.54, 1.807) is 30.4 Å². The maximum absolute atomic E-state index is 11.0. The van der Waals surface area contributed by atoms with Crippen LogP contribution < -0.4 is 14.8 Å². The van der Waals surface area contributed by atoms with Crippen molar-refractivity contribution in [2.24, 2.45) is 5.92 Å². The van der Waals surface area contributed by atoms with Crippen LogP contribution in [0.4, 0.5) is 0 Å². The molecule has 1 fully saturated rings. The highest BCUT2D eigenvalue weighted by molar-refractivity contribution is 6.32. The lowest BCUT2D eigenvalue weighted by molar-refractivity contribution is -0.119. The molecule has 6 nitrogen and oxygen atoms in total. The molecule has 1 aliphatic carbocycles. The smallest absolute Gasteiger partial charge is 0.260 e. The molecule has 0 unspecified atom stereocenters. The molecule has 1 aromatic carbocycles. The third-order valence-corrected chi connectivity index (χ3v) is 4.08. The summed E-state index contributed by atoms with van der Waals surface area (Å²) in [4.78, 5) is 11.0. The van der Waals surface area contributed by atoms with Crippen LogP contribution in [0.2, 0.25) is 5.02 Å². The number of ether oxygens (including phenoxy) is 2. The van der Waals surface area contributed by atoms with Gasteiger partial charge in [0.2, 0.25) is 5.91 Å². The van der Waals surface area contributed by atoms with E-state index in [0.717, 1.165) is 12.4 Å². The monoisotopic (exact) mass is 376 g/mol. The second-order valence-corrected chi connectivity index (χ2v) is 6.77. The summed E-state index contributed by atoms with van der Waals surface area (Å²) < 4.78 is 16.5. The number of halogens is 1. The first-order chi connectivity index (χ1) is 12.5. The van der Waals surface area contributed by atoms with E-state index in [1.165, 1.54) is 19.8 Å².